The molecule has 0 bridgehead atoms. The van der Waals surface area contributed by atoms with E-state index in [9.17, 15) is 22.8 Å². The van der Waals surface area contributed by atoms with Crippen molar-refractivity contribution in [2.45, 2.75) is 13.1 Å². The molecular weight excluding hydrogens is 559 g/mol. The van der Waals surface area contributed by atoms with Crippen LogP contribution in [0.25, 0.3) is 16.7 Å². The molecule has 5 rings (SSSR count). The van der Waals surface area contributed by atoms with Crippen molar-refractivity contribution in [2.24, 2.45) is 0 Å². The number of amides is 1. The zero-order chi connectivity index (χ0) is 30.9. The van der Waals surface area contributed by atoms with E-state index in [1.54, 1.807) is 41.2 Å². The topological polar surface area (TPSA) is 102 Å². The molecule has 0 aliphatic carbocycles. The number of hydrogen-bond donors (Lipinski definition) is 2. The van der Waals surface area contributed by atoms with Crippen LogP contribution in [0.2, 0.25) is 0 Å². The lowest BCUT2D eigenvalue weighted by molar-refractivity contribution is -0.861. The molecule has 0 saturated heterocycles. The zero-order valence-electron chi connectivity index (χ0n) is 23.9. The molecule has 0 fully saturated rings. The van der Waals surface area contributed by atoms with Gasteiger partial charge in [-0.25, -0.2) is 14.6 Å². The minimum atomic E-state index is -4.55. The predicted molar refractivity (Wildman–Crippen MR) is 158 cm³/mol. The fourth-order valence-electron chi connectivity index (χ4n) is 4.45. The Morgan fingerprint density at radius 3 is 2.37 bits per heavy atom. The van der Waals surface area contributed by atoms with Crippen LogP contribution in [0.4, 0.5) is 30.4 Å². The van der Waals surface area contributed by atoms with Crippen molar-refractivity contribution < 1.29 is 27.2 Å². The molecule has 9 nitrogen and oxygen atoms in total. The Hall–Kier alpha value is -5.10. The van der Waals surface area contributed by atoms with E-state index in [1.807, 2.05) is 40.2 Å². The third kappa shape index (κ3) is 6.70. The number of rotatable bonds is 8. The number of fused-ring (bicyclic) bond motifs is 1. The molecule has 2 N–H and O–H groups in total. The van der Waals surface area contributed by atoms with Gasteiger partial charge in [-0.2, -0.15) is 18.3 Å². The number of carbonyl (C=O) groups is 2. The molecule has 220 valence electrons. The molecule has 12 heteroatoms. The number of hydrogen-bond acceptors (Lipinski definition) is 6. The summed E-state index contributed by atoms with van der Waals surface area (Å²) >= 11 is 0. The van der Waals surface area contributed by atoms with Crippen molar-refractivity contribution >= 4 is 39.9 Å². The third-order valence-corrected chi connectivity index (χ3v) is 6.62. The summed E-state index contributed by atoms with van der Waals surface area (Å²) in [5.41, 5.74) is 2.70. The van der Waals surface area contributed by atoms with E-state index in [4.69, 9.17) is 0 Å². The maximum atomic E-state index is 13.1. The normalized spacial score (nSPS) is 11.9. The minimum Gasteiger partial charge on any atom is -0.339 e. The molecule has 0 aliphatic rings. The van der Waals surface area contributed by atoms with E-state index in [0.29, 0.717) is 44.8 Å². The summed E-state index contributed by atoms with van der Waals surface area (Å²) in [4.78, 5) is 34.1. The molecule has 0 saturated carbocycles. The van der Waals surface area contributed by atoms with Gasteiger partial charge in [0.2, 0.25) is 5.78 Å². The summed E-state index contributed by atoms with van der Waals surface area (Å²) in [5.74, 6) is -0.158. The second-order valence-electron chi connectivity index (χ2n) is 11.1. The summed E-state index contributed by atoms with van der Waals surface area (Å²) in [6.07, 6.45) is -1.53. The second kappa shape index (κ2) is 11.3. The number of alkyl halides is 3. The summed E-state index contributed by atoms with van der Waals surface area (Å²) < 4.78 is 41.5. The average Bonchev–Trinajstić information content (AvgIpc) is 3.39. The summed E-state index contributed by atoms with van der Waals surface area (Å²) in [6.45, 7) is 2.24. The van der Waals surface area contributed by atoms with E-state index >= 15 is 0 Å². The first-order valence-corrected chi connectivity index (χ1v) is 13.3. The van der Waals surface area contributed by atoms with Crippen LogP contribution in [0.1, 0.15) is 31.8 Å². The number of ketones is 1. The lowest BCUT2D eigenvalue weighted by Gasteiger charge is -2.22. The molecule has 0 aliphatic heterocycles. The maximum absolute atomic E-state index is 13.1. The lowest BCUT2D eigenvalue weighted by atomic mass is 10.1. The first-order chi connectivity index (χ1) is 20.3. The van der Waals surface area contributed by atoms with Crippen molar-refractivity contribution in [3.05, 3.63) is 102 Å². The molecule has 5 aromatic rings. The Kier molecular flexibility index (Phi) is 7.72. The number of carbonyl (C=O) groups excluding carboxylic acids is 2. The number of quaternary nitrogens is 1. The average molecular weight is 589 g/mol. The number of anilines is 3. The molecule has 43 heavy (non-hydrogen) atoms. The van der Waals surface area contributed by atoms with Crippen LogP contribution in [0, 0.1) is 6.92 Å². The highest BCUT2D eigenvalue weighted by molar-refractivity contribution is 6.04. The Labute approximate surface area is 245 Å². The van der Waals surface area contributed by atoms with Gasteiger partial charge in [-0.15, -0.1) is 0 Å². The van der Waals surface area contributed by atoms with Gasteiger partial charge in [-0.1, -0.05) is 12.1 Å². The van der Waals surface area contributed by atoms with E-state index in [1.165, 1.54) is 18.5 Å². The number of Topliss-reactive ketones (excluding diaryl/α,β-unsaturated/α-hetero) is 1. The van der Waals surface area contributed by atoms with Crippen LogP contribution in [0.5, 0.6) is 0 Å². The number of halogens is 3. The van der Waals surface area contributed by atoms with Crippen molar-refractivity contribution in [3.8, 4) is 5.69 Å². The Bertz CT molecular complexity index is 1820. The van der Waals surface area contributed by atoms with Gasteiger partial charge in [0.15, 0.2) is 5.65 Å². The van der Waals surface area contributed by atoms with E-state index in [2.05, 4.69) is 25.7 Å². The molecule has 1 amide bonds. The molecule has 3 aromatic carbocycles. The highest BCUT2D eigenvalue weighted by Crippen LogP contribution is 2.31. The third-order valence-electron chi connectivity index (χ3n) is 6.62. The van der Waals surface area contributed by atoms with Crippen LogP contribution in [0.3, 0.4) is 0 Å². The quantitative estimate of drug-likeness (QED) is 0.170. The van der Waals surface area contributed by atoms with Crippen molar-refractivity contribution in [3.63, 3.8) is 0 Å². The van der Waals surface area contributed by atoms with Gasteiger partial charge in [0, 0.05) is 22.5 Å². The Balaban J connectivity index is 1.37. The van der Waals surface area contributed by atoms with E-state index < -0.39 is 17.6 Å². The highest BCUT2D eigenvalue weighted by atomic mass is 19.4. The number of aryl methyl sites for hydroxylation is 1. The maximum Gasteiger partial charge on any atom is 0.416 e. The monoisotopic (exact) mass is 588 g/mol. The molecule has 0 atom stereocenters. The molecule has 0 unspecified atom stereocenters. The summed E-state index contributed by atoms with van der Waals surface area (Å²) in [5, 5.41) is 11.0. The van der Waals surface area contributed by atoms with Gasteiger partial charge < -0.3 is 15.1 Å². The first-order valence-electron chi connectivity index (χ1n) is 13.3. The van der Waals surface area contributed by atoms with Crippen LogP contribution >= 0.6 is 0 Å². The van der Waals surface area contributed by atoms with Crippen molar-refractivity contribution in [2.75, 3.05) is 38.3 Å². The van der Waals surface area contributed by atoms with Gasteiger partial charge in [0.25, 0.3) is 5.91 Å². The number of nitrogens with zero attached hydrogens (tertiary/aromatic N) is 5. The Morgan fingerprint density at radius 1 is 0.930 bits per heavy atom. The summed E-state index contributed by atoms with van der Waals surface area (Å²) in [7, 11) is 5.88. The second-order valence-corrected chi connectivity index (χ2v) is 11.1. The lowest BCUT2D eigenvalue weighted by Crippen LogP contribution is -2.39. The Morgan fingerprint density at radius 2 is 1.67 bits per heavy atom. The summed E-state index contributed by atoms with van der Waals surface area (Å²) in [6, 6.07) is 16.5. The number of likely N-dealkylation sites (N-methyl/N-ethyl adjacent to an activating group) is 1. The van der Waals surface area contributed by atoms with Crippen molar-refractivity contribution in [1.29, 1.82) is 0 Å². The van der Waals surface area contributed by atoms with Crippen molar-refractivity contribution in [1.82, 2.24) is 19.7 Å². The van der Waals surface area contributed by atoms with Crippen LogP contribution in [-0.2, 0) is 6.18 Å². The molecule has 0 radical (unpaired) electrons. The van der Waals surface area contributed by atoms with E-state index in [-0.39, 0.29) is 11.3 Å². The number of aromatic nitrogens is 4. The zero-order valence-corrected chi connectivity index (χ0v) is 23.9. The van der Waals surface area contributed by atoms with Gasteiger partial charge in [0.05, 0.1) is 44.0 Å². The van der Waals surface area contributed by atoms with Gasteiger partial charge in [-0.3, -0.25) is 9.59 Å². The largest absolute Gasteiger partial charge is 0.416 e. The molecule has 2 heterocycles. The first kappa shape index (κ1) is 29.4. The minimum absolute atomic E-state index is 0.0433. The highest BCUT2D eigenvalue weighted by Gasteiger charge is 2.31. The fraction of sp³-hybridized carbons (Fsp3) is 0.194. The van der Waals surface area contributed by atoms with Gasteiger partial charge in [0.1, 0.15) is 18.7 Å². The fourth-order valence-corrected chi connectivity index (χ4v) is 4.45. The SMILES string of the molecule is Cc1ccc(NC(=O)c2cccc(C(F)(F)F)c2)cc1Nc1ncnc2c1cnn2-c1ccc(C(=O)C[N+](C)(C)C)cc1. The number of nitrogens with one attached hydrogen (secondary N) is 2. The predicted octanol–water partition coefficient (Wildman–Crippen LogP) is 6.03. The van der Waals surface area contributed by atoms with E-state index in [0.717, 1.165) is 23.4 Å². The molecular formula is C31H29F3N7O2+. The standard InChI is InChI=1S/C31H28F3N7O2/c1-19-8-11-23(38-30(43)21-6-5-7-22(14-21)31(32,33)34)15-26(19)39-28-25-16-37-40(29(25)36-18-35-28)24-12-9-20(10-13-24)27(42)17-41(2,3)4/h5-16,18H,17H2,1-4H3,(H-,35,36,37,38,39,43)/p+1. The van der Waals surface area contributed by atoms with Gasteiger partial charge >= 0.3 is 6.18 Å². The smallest absolute Gasteiger partial charge is 0.339 e. The van der Waals surface area contributed by atoms with Gasteiger partial charge in [-0.05, 0) is 67.1 Å². The molecule has 2 aromatic heterocycles. The van der Waals surface area contributed by atoms with Crippen LogP contribution in [0.15, 0.2) is 79.3 Å². The molecule has 0 spiro atoms. The van der Waals surface area contributed by atoms with Crippen LogP contribution < -0.4 is 10.6 Å². The van der Waals surface area contributed by atoms with Crippen LogP contribution in [-0.4, -0.2) is 63.6 Å². The number of benzene rings is 3.